The average Bonchev–Trinajstić information content (AvgIpc) is 2.62. The monoisotopic (exact) mass is 334 g/mol. The number of rotatable bonds is 7. The van der Waals surface area contributed by atoms with Crippen molar-refractivity contribution in [2.45, 2.75) is 45.3 Å². The van der Waals surface area contributed by atoms with Gasteiger partial charge in [0.15, 0.2) is 5.96 Å². The summed E-state index contributed by atoms with van der Waals surface area (Å²) in [6.45, 7) is 5.01. The Hall–Kier alpha value is -2.15. The van der Waals surface area contributed by atoms with E-state index < -0.39 is 4.92 Å². The van der Waals surface area contributed by atoms with Crippen LogP contribution in [0, 0.1) is 10.1 Å². The molecule has 1 atom stereocenters. The second kappa shape index (κ2) is 9.87. The van der Waals surface area contributed by atoms with E-state index in [1.165, 1.54) is 18.6 Å². The van der Waals surface area contributed by atoms with Gasteiger partial charge >= 0.3 is 0 Å². The lowest BCUT2D eigenvalue weighted by Gasteiger charge is -2.23. The minimum Gasteiger partial charge on any atom is -0.376 e. The normalized spacial score (nSPS) is 18.2. The van der Waals surface area contributed by atoms with Crippen molar-refractivity contribution in [1.82, 2.24) is 10.6 Å². The van der Waals surface area contributed by atoms with Gasteiger partial charge in [0, 0.05) is 31.8 Å². The van der Waals surface area contributed by atoms with Gasteiger partial charge in [0.05, 0.1) is 17.6 Å². The number of hydrogen-bond donors (Lipinski definition) is 2. The standard InChI is InChI=1S/C17H26N4O3/c1-2-10-18-17(20-13-16-5-3-4-11-24-16)19-12-14-6-8-15(9-7-14)21(22)23/h6-9,16H,2-5,10-13H2,1H3,(H2,18,19,20). The molecular formula is C17H26N4O3. The second-order valence-electron chi connectivity index (χ2n) is 5.88. The van der Waals surface area contributed by atoms with E-state index in [0.29, 0.717) is 6.54 Å². The largest absolute Gasteiger partial charge is 0.376 e. The number of nitro groups is 1. The third-order valence-corrected chi connectivity index (χ3v) is 3.88. The third-order valence-electron chi connectivity index (χ3n) is 3.88. The molecule has 7 nitrogen and oxygen atoms in total. The fourth-order valence-electron chi connectivity index (χ4n) is 2.49. The second-order valence-corrected chi connectivity index (χ2v) is 5.88. The molecule has 7 heteroatoms. The molecule has 0 bridgehead atoms. The van der Waals surface area contributed by atoms with Crippen molar-refractivity contribution in [3.8, 4) is 0 Å². The molecule has 0 saturated carbocycles. The Balaban J connectivity index is 1.89. The summed E-state index contributed by atoms with van der Waals surface area (Å²) in [5.41, 5.74) is 1.03. The molecule has 0 spiro atoms. The molecule has 1 unspecified atom stereocenters. The van der Waals surface area contributed by atoms with Crippen molar-refractivity contribution in [3.05, 3.63) is 39.9 Å². The number of non-ortho nitro benzene ring substituents is 1. The Morgan fingerprint density at radius 1 is 1.33 bits per heavy atom. The lowest BCUT2D eigenvalue weighted by atomic mass is 10.1. The number of nitro benzene ring substituents is 1. The quantitative estimate of drug-likeness (QED) is 0.346. The van der Waals surface area contributed by atoms with Crippen molar-refractivity contribution in [1.29, 1.82) is 0 Å². The summed E-state index contributed by atoms with van der Waals surface area (Å²) in [7, 11) is 0. The third kappa shape index (κ3) is 6.16. The molecule has 1 heterocycles. The van der Waals surface area contributed by atoms with Gasteiger partial charge in [-0.3, -0.25) is 10.1 Å². The van der Waals surface area contributed by atoms with Crippen molar-refractivity contribution in [3.63, 3.8) is 0 Å². The summed E-state index contributed by atoms with van der Waals surface area (Å²) >= 11 is 0. The lowest BCUT2D eigenvalue weighted by Crippen LogP contribution is -2.42. The van der Waals surface area contributed by atoms with Gasteiger partial charge in [-0.15, -0.1) is 0 Å². The number of nitrogens with zero attached hydrogens (tertiary/aromatic N) is 2. The molecule has 1 saturated heterocycles. The predicted molar refractivity (Wildman–Crippen MR) is 94.1 cm³/mol. The van der Waals surface area contributed by atoms with E-state index in [9.17, 15) is 10.1 Å². The zero-order valence-corrected chi connectivity index (χ0v) is 14.2. The first-order chi connectivity index (χ1) is 11.7. The first-order valence-corrected chi connectivity index (χ1v) is 8.56. The summed E-state index contributed by atoms with van der Waals surface area (Å²) in [6, 6.07) is 6.49. The van der Waals surface area contributed by atoms with Gasteiger partial charge in [-0.2, -0.15) is 0 Å². The Morgan fingerprint density at radius 3 is 2.75 bits per heavy atom. The highest BCUT2D eigenvalue weighted by Gasteiger charge is 2.14. The van der Waals surface area contributed by atoms with E-state index in [0.717, 1.165) is 50.5 Å². The smallest absolute Gasteiger partial charge is 0.269 e. The number of benzene rings is 1. The Labute approximate surface area is 142 Å². The van der Waals surface area contributed by atoms with Crippen molar-refractivity contribution in [2.24, 2.45) is 4.99 Å². The fraction of sp³-hybridized carbons (Fsp3) is 0.588. The predicted octanol–water partition coefficient (Wildman–Crippen LogP) is 2.61. The average molecular weight is 334 g/mol. The minimum atomic E-state index is -0.396. The molecule has 2 N–H and O–H groups in total. The molecule has 132 valence electrons. The van der Waals surface area contributed by atoms with E-state index in [2.05, 4.69) is 22.5 Å². The van der Waals surface area contributed by atoms with Gasteiger partial charge in [-0.05, 0) is 31.2 Å². The molecule has 1 aliphatic heterocycles. The maximum absolute atomic E-state index is 10.7. The summed E-state index contributed by atoms with van der Waals surface area (Å²) in [5.74, 6) is 0.754. The molecule has 1 aliphatic rings. The van der Waals surface area contributed by atoms with E-state index >= 15 is 0 Å². The van der Waals surface area contributed by atoms with Crippen LogP contribution in [-0.4, -0.2) is 36.7 Å². The number of hydrogen-bond acceptors (Lipinski definition) is 4. The van der Waals surface area contributed by atoms with Crippen LogP contribution in [0.15, 0.2) is 29.3 Å². The zero-order chi connectivity index (χ0) is 17.2. The van der Waals surface area contributed by atoms with Crippen LogP contribution in [0.1, 0.15) is 38.2 Å². The molecule has 2 rings (SSSR count). The number of nitrogens with one attached hydrogen (secondary N) is 2. The molecular weight excluding hydrogens is 308 g/mol. The van der Waals surface area contributed by atoms with Gasteiger partial charge in [-0.1, -0.05) is 19.1 Å². The molecule has 0 aromatic heterocycles. The number of ether oxygens (including phenoxy) is 1. The Kier molecular flexibility index (Phi) is 7.48. The lowest BCUT2D eigenvalue weighted by molar-refractivity contribution is -0.384. The minimum absolute atomic E-state index is 0.0969. The molecule has 1 aromatic rings. The van der Waals surface area contributed by atoms with Gasteiger partial charge < -0.3 is 15.4 Å². The molecule has 0 aliphatic carbocycles. The Bertz CT molecular complexity index is 539. The van der Waals surface area contributed by atoms with Crippen molar-refractivity contribution < 1.29 is 9.66 Å². The van der Waals surface area contributed by atoms with Crippen LogP contribution in [0.2, 0.25) is 0 Å². The fourth-order valence-corrected chi connectivity index (χ4v) is 2.49. The molecule has 1 aromatic carbocycles. The first-order valence-electron chi connectivity index (χ1n) is 8.56. The van der Waals surface area contributed by atoms with Gasteiger partial charge in [0.2, 0.25) is 0 Å². The first kappa shape index (κ1) is 18.2. The van der Waals surface area contributed by atoms with Crippen LogP contribution in [0.25, 0.3) is 0 Å². The molecule has 0 amide bonds. The van der Waals surface area contributed by atoms with Crippen LogP contribution in [0.4, 0.5) is 5.69 Å². The number of guanidine groups is 1. The van der Waals surface area contributed by atoms with Crippen LogP contribution >= 0.6 is 0 Å². The van der Waals surface area contributed by atoms with Crippen LogP contribution in [0.5, 0.6) is 0 Å². The summed E-state index contributed by atoms with van der Waals surface area (Å²) in [6.07, 6.45) is 4.69. The summed E-state index contributed by atoms with van der Waals surface area (Å²) < 4.78 is 5.72. The highest BCUT2D eigenvalue weighted by Crippen LogP contribution is 2.13. The van der Waals surface area contributed by atoms with E-state index in [1.807, 2.05) is 0 Å². The summed E-state index contributed by atoms with van der Waals surface area (Å²) in [5, 5.41) is 17.3. The SMILES string of the molecule is CCCNC(=NCc1ccc([N+](=O)[O-])cc1)NCC1CCCCO1. The summed E-state index contributed by atoms with van der Waals surface area (Å²) in [4.78, 5) is 14.8. The molecule has 1 fully saturated rings. The molecule has 0 radical (unpaired) electrons. The van der Waals surface area contributed by atoms with E-state index in [-0.39, 0.29) is 11.8 Å². The van der Waals surface area contributed by atoms with Crippen molar-refractivity contribution in [2.75, 3.05) is 19.7 Å². The van der Waals surface area contributed by atoms with Crippen LogP contribution < -0.4 is 10.6 Å². The highest BCUT2D eigenvalue weighted by molar-refractivity contribution is 5.79. The van der Waals surface area contributed by atoms with Crippen LogP contribution in [0.3, 0.4) is 0 Å². The Morgan fingerprint density at radius 2 is 2.12 bits per heavy atom. The number of aliphatic imine (C=N–C) groups is 1. The topological polar surface area (TPSA) is 88.8 Å². The van der Waals surface area contributed by atoms with Gasteiger partial charge in [-0.25, -0.2) is 4.99 Å². The van der Waals surface area contributed by atoms with Crippen molar-refractivity contribution >= 4 is 11.6 Å². The van der Waals surface area contributed by atoms with E-state index in [1.54, 1.807) is 12.1 Å². The highest BCUT2D eigenvalue weighted by atomic mass is 16.6. The van der Waals surface area contributed by atoms with Gasteiger partial charge in [0.25, 0.3) is 5.69 Å². The maximum Gasteiger partial charge on any atom is 0.269 e. The van der Waals surface area contributed by atoms with Crippen LogP contribution in [-0.2, 0) is 11.3 Å². The maximum atomic E-state index is 10.7. The molecule has 24 heavy (non-hydrogen) atoms. The zero-order valence-electron chi connectivity index (χ0n) is 14.2. The van der Waals surface area contributed by atoms with Gasteiger partial charge in [0.1, 0.15) is 0 Å². The van der Waals surface area contributed by atoms with E-state index in [4.69, 9.17) is 4.74 Å².